The molecule has 21 heavy (non-hydrogen) atoms. The van der Waals surface area contributed by atoms with Gasteiger partial charge in [0.25, 0.3) is 5.88 Å². The van der Waals surface area contributed by atoms with E-state index < -0.39 is 35.4 Å². The van der Waals surface area contributed by atoms with Gasteiger partial charge in [0, 0.05) is 6.54 Å². The first-order valence-electron chi connectivity index (χ1n) is 5.74. The molecular weight excluding hydrogens is 300 g/mol. The molecule has 0 aliphatic carbocycles. The van der Waals surface area contributed by atoms with Gasteiger partial charge in [-0.15, -0.1) is 0 Å². The van der Waals surface area contributed by atoms with Gasteiger partial charge < -0.3 is 10.1 Å². The van der Waals surface area contributed by atoms with E-state index in [0.29, 0.717) is 6.54 Å². The molecule has 0 unspecified atom stereocenters. The van der Waals surface area contributed by atoms with Crippen LogP contribution in [-0.2, 0) is 0 Å². The molecule has 0 saturated carbocycles. The van der Waals surface area contributed by atoms with E-state index in [0.717, 1.165) is 0 Å². The molecule has 118 valence electrons. The second-order valence-electron chi connectivity index (χ2n) is 3.92. The van der Waals surface area contributed by atoms with Crippen molar-refractivity contribution in [3.63, 3.8) is 0 Å². The molecule has 0 aliphatic heterocycles. The molecule has 0 fully saturated rings. The summed E-state index contributed by atoms with van der Waals surface area (Å²) < 4.78 is 54.1. The number of ether oxygens (including phenoxy) is 1. The molecule has 0 aliphatic rings. The molecule has 7 nitrogen and oxygen atoms in total. The fourth-order valence-electron chi connectivity index (χ4n) is 1.32. The highest BCUT2D eigenvalue weighted by molar-refractivity contribution is 5.48. The quantitative estimate of drug-likeness (QED) is 0.472. The largest absolute Gasteiger partial charge is 0.466 e. The fourth-order valence-corrected chi connectivity index (χ4v) is 1.32. The van der Waals surface area contributed by atoms with Crippen LogP contribution < -0.4 is 10.1 Å². The van der Waals surface area contributed by atoms with Crippen LogP contribution in [-0.4, -0.2) is 40.4 Å². The number of nitrogens with zero attached hydrogens (tertiary/aromatic N) is 3. The zero-order chi connectivity index (χ0) is 16.2. The summed E-state index contributed by atoms with van der Waals surface area (Å²) in [7, 11) is 0. The number of aryl methyl sites for hydroxylation is 1. The molecule has 0 saturated heterocycles. The van der Waals surface area contributed by atoms with Gasteiger partial charge in [-0.2, -0.15) is 13.8 Å². The van der Waals surface area contributed by atoms with Gasteiger partial charge in [0.1, 0.15) is 5.69 Å². The number of nitrogens with one attached hydrogen (secondary N) is 1. The van der Waals surface area contributed by atoms with Crippen molar-refractivity contribution in [1.29, 1.82) is 0 Å². The topological polar surface area (TPSA) is 90.2 Å². The summed E-state index contributed by atoms with van der Waals surface area (Å²) in [6, 6.07) is 0. The van der Waals surface area contributed by atoms with E-state index in [1.807, 2.05) is 0 Å². The third kappa shape index (κ3) is 4.13. The average molecular weight is 312 g/mol. The van der Waals surface area contributed by atoms with Gasteiger partial charge in [0.2, 0.25) is 5.95 Å². The van der Waals surface area contributed by atoms with E-state index in [1.54, 1.807) is 6.92 Å². The van der Waals surface area contributed by atoms with E-state index >= 15 is 0 Å². The first kappa shape index (κ1) is 16.9. The van der Waals surface area contributed by atoms with Gasteiger partial charge in [0.15, 0.2) is 6.61 Å². The second-order valence-corrected chi connectivity index (χ2v) is 3.92. The van der Waals surface area contributed by atoms with Gasteiger partial charge in [-0.3, -0.25) is 10.1 Å². The Labute approximate surface area is 116 Å². The van der Waals surface area contributed by atoms with Gasteiger partial charge in [0.05, 0.1) is 4.92 Å². The number of anilines is 1. The Morgan fingerprint density at radius 2 is 2.05 bits per heavy atom. The Morgan fingerprint density at radius 3 is 2.52 bits per heavy atom. The fraction of sp³-hybridized carbons (Fsp3) is 0.600. The van der Waals surface area contributed by atoms with E-state index in [2.05, 4.69) is 20.0 Å². The molecule has 11 heteroatoms. The van der Waals surface area contributed by atoms with Crippen LogP contribution in [0.2, 0.25) is 0 Å². The minimum atomic E-state index is -4.44. The zero-order valence-electron chi connectivity index (χ0n) is 11.1. The van der Waals surface area contributed by atoms with Crippen LogP contribution in [0.15, 0.2) is 0 Å². The summed E-state index contributed by atoms with van der Waals surface area (Å²) in [5.74, 6) is -5.31. The number of nitro groups is 1. The van der Waals surface area contributed by atoms with E-state index in [9.17, 15) is 27.7 Å². The normalized spacial score (nSPS) is 11.6. The SMILES string of the molecule is CCNc1nc(C)c([N+](=O)[O-])c(OCC(F)(F)C(F)F)n1. The molecule has 0 bridgehead atoms. The molecule has 1 N–H and O–H groups in total. The van der Waals surface area contributed by atoms with Gasteiger partial charge in [-0.1, -0.05) is 0 Å². The minimum Gasteiger partial charge on any atom is -0.466 e. The lowest BCUT2D eigenvalue weighted by atomic mass is 10.3. The molecule has 0 atom stereocenters. The molecule has 0 radical (unpaired) electrons. The summed E-state index contributed by atoms with van der Waals surface area (Å²) in [5, 5.41) is 13.5. The van der Waals surface area contributed by atoms with Crippen molar-refractivity contribution < 1.29 is 27.2 Å². The van der Waals surface area contributed by atoms with Crippen molar-refractivity contribution in [3.8, 4) is 5.88 Å². The highest BCUT2D eigenvalue weighted by atomic mass is 19.3. The van der Waals surface area contributed by atoms with Crippen molar-refractivity contribution in [2.45, 2.75) is 26.2 Å². The van der Waals surface area contributed by atoms with E-state index in [-0.39, 0.29) is 11.6 Å². The summed E-state index contributed by atoms with van der Waals surface area (Å²) in [4.78, 5) is 17.2. The molecule has 0 amide bonds. The van der Waals surface area contributed by atoms with Crippen LogP contribution in [0.3, 0.4) is 0 Å². The smallest absolute Gasteiger partial charge is 0.352 e. The number of alkyl halides is 4. The van der Waals surface area contributed by atoms with Gasteiger partial charge in [-0.25, -0.2) is 13.8 Å². The van der Waals surface area contributed by atoms with Crippen molar-refractivity contribution in [3.05, 3.63) is 15.8 Å². The zero-order valence-corrected chi connectivity index (χ0v) is 11.1. The maximum absolute atomic E-state index is 12.8. The molecule has 0 aromatic carbocycles. The molecular formula is C10H12F4N4O3. The van der Waals surface area contributed by atoms with Crippen LogP contribution in [0, 0.1) is 17.0 Å². The van der Waals surface area contributed by atoms with Crippen molar-refractivity contribution in [2.24, 2.45) is 0 Å². The molecule has 1 aromatic heterocycles. The van der Waals surface area contributed by atoms with Crippen LogP contribution in [0.4, 0.5) is 29.2 Å². The first-order valence-corrected chi connectivity index (χ1v) is 5.74. The number of halogens is 4. The lowest BCUT2D eigenvalue weighted by Crippen LogP contribution is -2.34. The van der Waals surface area contributed by atoms with E-state index in [4.69, 9.17) is 0 Å². The Morgan fingerprint density at radius 1 is 1.43 bits per heavy atom. The van der Waals surface area contributed by atoms with E-state index in [1.165, 1.54) is 6.92 Å². The molecule has 1 heterocycles. The second kappa shape index (κ2) is 6.50. The maximum atomic E-state index is 12.8. The van der Waals surface area contributed by atoms with Crippen LogP contribution >= 0.6 is 0 Å². The monoisotopic (exact) mass is 312 g/mol. The third-order valence-corrected chi connectivity index (χ3v) is 2.26. The Hall–Kier alpha value is -2.20. The highest BCUT2D eigenvalue weighted by Crippen LogP contribution is 2.31. The Balaban J connectivity index is 3.10. The predicted molar refractivity (Wildman–Crippen MR) is 64.0 cm³/mol. The standard InChI is InChI=1S/C10H12F4N4O3/c1-3-15-9-16-5(2)6(18(19)20)7(17-9)21-4-10(13,14)8(11)12/h8H,3-4H2,1-2H3,(H,15,16,17). The maximum Gasteiger partial charge on any atom is 0.352 e. The summed E-state index contributed by atoms with van der Waals surface area (Å²) in [5.41, 5.74) is -0.886. The number of hydrogen-bond acceptors (Lipinski definition) is 6. The third-order valence-electron chi connectivity index (χ3n) is 2.26. The van der Waals surface area contributed by atoms with Gasteiger partial charge >= 0.3 is 18.0 Å². The minimum absolute atomic E-state index is 0.0871. The van der Waals surface area contributed by atoms with Crippen molar-refractivity contribution >= 4 is 11.6 Å². The summed E-state index contributed by atoms with van der Waals surface area (Å²) in [6.45, 7) is 1.57. The predicted octanol–water partition coefficient (Wildman–Crippen LogP) is 2.40. The van der Waals surface area contributed by atoms with Crippen LogP contribution in [0.1, 0.15) is 12.6 Å². The van der Waals surface area contributed by atoms with Crippen LogP contribution in [0.25, 0.3) is 0 Å². The van der Waals surface area contributed by atoms with Crippen molar-refractivity contribution in [1.82, 2.24) is 9.97 Å². The molecule has 0 spiro atoms. The molecule has 1 rings (SSSR count). The van der Waals surface area contributed by atoms with Crippen molar-refractivity contribution in [2.75, 3.05) is 18.5 Å². The Bertz CT molecular complexity index is 527. The summed E-state index contributed by atoms with van der Waals surface area (Å²) >= 11 is 0. The first-order chi connectivity index (χ1) is 9.69. The number of aromatic nitrogens is 2. The molecule has 1 aromatic rings. The van der Waals surface area contributed by atoms with Gasteiger partial charge in [-0.05, 0) is 13.8 Å². The lowest BCUT2D eigenvalue weighted by molar-refractivity contribution is -0.387. The highest BCUT2D eigenvalue weighted by Gasteiger charge is 2.42. The number of hydrogen-bond donors (Lipinski definition) is 1. The average Bonchev–Trinajstić information content (AvgIpc) is 2.35. The van der Waals surface area contributed by atoms with Crippen LogP contribution in [0.5, 0.6) is 5.88 Å². The Kier molecular flexibility index (Phi) is 5.22. The number of rotatable bonds is 7. The lowest BCUT2D eigenvalue weighted by Gasteiger charge is -2.16. The summed E-state index contributed by atoms with van der Waals surface area (Å²) in [6.07, 6.45) is -3.95.